The highest BCUT2D eigenvalue weighted by atomic mass is 16.3. The number of rotatable bonds is 4. The van der Waals surface area contributed by atoms with Crippen LogP contribution >= 0.6 is 0 Å². The largest absolute Gasteiger partial charge is 0.396 e. The van der Waals surface area contributed by atoms with E-state index in [2.05, 4.69) is 11.0 Å². The highest BCUT2D eigenvalue weighted by molar-refractivity contribution is 5.96. The number of para-hydroxylation sites is 1. The van der Waals surface area contributed by atoms with Crippen LogP contribution in [0.4, 0.5) is 5.69 Å². The smallest absolute Gasteiger partial charge is 0.241 e. The summed E-state index contributed by atoms with van der Waals surface area (Å²) in [5.41, 5.74) is 2.36. The molecule has 0 saturated carbocycles. The SMILES string of the molecule is O=C(CN1CCCCC1CCO)N1CCc2ccccc21. The van der Waals surface area contributed by atoms with Gasteiger partial charge in [0.2, 0.25) is 5.91 Å². The fourth-order valence-corrected chi connectivity index (χ4v) is 3.60. The van der Waals surface area contributed by atoms with Gasteiger partial charge in [-0.25, -0.2) is 0 Å². The van der Waals surface area contributed by atoms with Crippen molar-refractivity contribution in [1.29, 1.82) is 0 Å². The van der Waals surface area contributed by atoms with Crippen LogP contribution in [0.5, 0.6) is 0 Å². The van der Waals surface area contributed by atoms with E-state index in [1.165, 1.54) is 12.0 Å². The van der Waals surface area contributed by atoms with Crippen LogP contribution in [0, 0.1) is 0 Å². The Morgan fingerprint density at radius 1 is 1.24 bits per heavy atom. The standard InChI is InChI=1S/C17H24N2O2/c20-12-9-15-6-3-4-10-18(15)13-17(21)19-11-8-14-5-1-2-7-16(14)19/h1-2,5,7,15,20H,3-4,6,8-13H2. The molecular weight excluding hydrogens is 264 g/mol. The molecule has 21 heavy (non-hydrogen) atoms. The Hall–Kier alpha value is -1.39. The van der Waals surface area contributed by atoms with Crippen LogP contribution in [0.3, 0.4) is 0 Å². The molecule has 2 aliphatic heterocycles. The molecule has 0 radical (unpaired) electrons. The maximum absolute atomic E-state index is 12.6. The highest BCUT2D eigenvalue weighted by Gasteiger charge is 2.29. The van der Waals surface area contributed by atoms with Crippen LogP contribution in [0.1, 0.15) is 31.2 Å². The van der Waals surface area contributed by atoms with E-state index >= 15 is 0 Å². The monoisotopic (exact) mass is 288 g/mol. The van der Waals surface area contributed by atoms with Gasteiger partial charge in [-0.1, -0.05) is 24.6 Å². The van der Waals surface area contributed by atoms with Crippen molar-refractivity contribution in [3.05, 3.63) is 29.8 Å². The topological polar surface area (TPSA) is 43.8 Å². The van der Waals surface area contributed by atoms with Crippen molar-refractivity contribution >= 4 is 11.6 Å². The molecule has 2 heterocycles. The Kier molecular flexibility index (Phi) is 4.56. The molecule has 1 aromatic carbocycles. The lowest BCUT2D eigenvalue weighted by Crippen LogP contribution is -2.46. The van der Waals surface area contributed by atoms with Gasteiger partial charge >= 0.3 is 0 Å². The number of aliphatic hydroxyl groups excluding tert-OH is 1. The van der Waals surface area contributed by atoms with Crippen molar-refractivity contribution in [1.82, 2.24) is 4.90 Å². The normalized spacial score (nSPS) is 22.3. The highest BCUT2D eigenvalue weighted by Crippen LogP contribution is 2.28. The van der Waals surface area contributed by atoms with Gasteiger partial charge in [0, 0.05) is 24.9 Å². The van der Waals surface area contributed by atoms with Gasteiger partial charge in [0.25, 0.3) is 0 Å². The third-order valence-corrected chi connectivity index (χ3v) is 4.74. The molecule has 1 amide bonds. The molecule has 2 aliphatic rings. The number of carbonyl (C=O) groups is 1. The first-order chi connectivity index (χ1) is 10.3. The van der Waals surface area contributed by atoms with Crippen molar-refractivity contribution in [2.45, 2.75) is 38.1 Å². The number of fused-ring (bicyclic) bond motifs is 1. The van der Waals surface area contributed by atoms with E-state index in [0.29, 0.717) is 12.6 Å². The summed E-state index contributed by atoms with van der Waals surface area (Å²) in [7, 11) is 0. The molecule has 0 aliphatic carbocycles. The number of hydrogen-bond acceptors (Lipinski definition) is 3. The first-order valence-corrected chi connectivity index (χ1v) is 8.03. The summed E-state index contributed by atoms with van der Waals surface area (Å²) in [5.74, 6) is 0.199. The van der Waals surface area contributed by atoms with E-state index in [1.54, 1.807) is 0 Å². The maximum Gasteiger partial charge on any atom is 0.241 e. The molecule has 4 nitrogen and oxygen atoms in total. The fourth-order valence-electron chi connectivity index (χ4n) is 3.60. The van der Waals surface area contributed by atoms with E-state index in [0.717, 1.165) is 44.5 Å². The Bertz CT molecular complexity index is 501. The number of amides is 1. The first kappa shape index (κ1) is 14.5. The summed E-state index contributed by atoms with van der Waals surface area (Å²) < 4.78 is 0. The average Bonchev–Trinajstić information content (AvgIpc) is 2.93. The maximum atomic E-state index is 12.6. The summed E-state index contributed by atoms with van der Waals surface area (Å²) in [5, 5.41) is 9.19. The molecule has 1 unspecified atom stereocenters. The van der Waals surface area contributed by atoms with Crippen LogP contribution in [-0.4, -0.2) is 48.2 Å². The molecule has 0 bridgehead atoms. The summed E-state index contributed by atoms with van der Waals surface area (Å²) in [6.45, 7) is 2.48. The van der Waals surface area contributed by atoms with E-state index in [9.17, 15) is 9.90 Å². The van der Waals surface area contributed by atoms with Gasteiger partial charge in [-0.05, 0) is 43.9 Å². The molecule has 0 aromatic heterocycles. The van der Waals surface area contributed by atoms with Crippen LogP contribution in [0.25, 0.3) is 0 Å². The third-order valence-electron chi connectivity index (χ3n) is 4.74. The molecule has 1 N–H and O–H groups in total. The zero-order valence-corrected chi connectivity index (χ0v) is 12.5. The van der Waals surface area contributed by atoms with Crippen LogP contribution in [0.2, 0.25) is 0 Å². The number of aliphatic hydroxyl groups is 1. The van der Waals surface area contributed by atoms with E-state index in [-0.39, 0.29) is 12.5 Å². The van der Waals surface area contributed by atoms with Gasteiger partial charge in [-0.15, -0.1) is 0 Å². The van der Waals surface area contributed by atoms with Gasteiger partial charge in [0.15, 0.2) is 0 Å². The van der Waals surface area contributed by atoms with Crippen LogP contribution < -0.4 is 4.90 Å². The number of hydrogen-bond donors (Lipinski definition) is 1. The molecule has 114 valence electrons. The second-order valence-electron chi connectivity index (χ2n) is 6.06. The Morgan fingerprint density at radius 3 is 2.95 bits per heavy atom. The number of carbonyl (C=O) groups excluding carboxylic acids is 1. The molecule has 1 aromatic rings. The Balaban J connectivity index is 1.66. The van der Waals surface area contributed by atoms with Gasteiger partial charge in [-0.2, -0.15) is 0 Å². The van der Waals surface area contributed by atoms with Gasteiger partial charge in [0.1, 0.15) is 0 Å². The van der Waals surface area contributed by atoms with Crippen LogP contribution in [-0.2, 0) is 11.2 Å². The number of piperidine rings is 1. The molecule has 0 spiro atoms. The number of anilines is 1. The molecular formula is C17H24N2O2. The average molecular weight is 288 g/mol. The Labute approximate surface area is 126 Å². The van der Waals surface area contributed by atoms with Crippen molar-refractivity contribution in [2.75, 3.05) is 31.1 Å². The van der Waals surface area contributed by atoms with Crippen molar-refractivity contribution in [3.8, 4) is 0 Å². The predicted molar refractivity (Wildman–Crippen MR) is 83.4 cm³/mol. The predicted octanol–water partition coefficient (Wildman–Crippen LogP) is 1.81. The quantitative estimate of drug-likeness (QED) is 0.919. The van der Waals surface area contributed by atoms with Gasteiger partial charge in [0.05, 0.1) is 6.54 Å². The van der Waals surface area contributed by atoms with Crippen molar-refractivity contribution in [2.24, 2.45) is 0 Å². The molecule has 1 saturated heterocycles. The van der Waals surface area contributed by atoms with Gasteiger partial charge < -0.3 is 10.0 Å². The lowest BCUT2D eigenvalue weighted by Gasteiger charge is -2.35. The van der Waals surface area contributed by atoms with E-state index in [1.807, 2.05) is 23.1 Å². The van der Waals surface area contributed by atoms with E-state index < -0.39 is 0 Å². The second-order valence-corrected chi connectivity index (χ2v) is 6.06. The summed E-state index contributed by atoms with van der Waals surface area (Å²) >= 11 is 0. The molecule has 4 heteroatoms. The summed E-state index contributed by atoms with van der Waals surface area (Å²) in [6.07, 6.45) is 5.21. The molecule has 3 rings (SSSR count). The van der Waals surface area contributed by atoms with Crippen LogP contribution in [0.15, 0.2) is 24.3 Å². The van der Waals surface area contributed by atoms with Crippen molar-refractivity contribution < 1.29 is 9.90 Å². The summed E-state index contributed by atoms with van der Waals surface area (Å²) in [6, 6.07) is 8.56. The van der Waals surface area contributed by atoms with Gasteiger partial charge in [-0.3, -0.25) is 9.69 Å². The van der Waals surface area contributed by atoms with Crippen molar-refractivity contribution in [3.63, 3.8) is 0 Å². The second kappa shape index (κ2) is 6.58. The number of benzene rings is 1. The van der Waals surface area contributed by atoms with E-state index in [4.69, 9.17) is 0 Å². The lowest BCUT2D eigenvalue weighted by molar-refractivity contribution is -0.120. The molecule has 1 fully saturated rings. The zero-order valence-electron chi connectivity index (χ0n) is 12.5. The number of nitrogens with zero attached hydrogens (tertiary/aromatic N) is 2. The first-order valence-electron chi connectivity index (χ1n) is 8.03. The number of likely N-dealkylation sites (tertiary alicyclic amines) is 1. The minimum Gasteiger partial charge on any atom is -0.396 e. The minimum absolute atomic E-state index is 0.199. The lowest BCUT2D eigenvalue weighted by atomic mass is 9.99. The molecule has 1 atom stereocenters. The zero-order chi connectivity index (χ0) is 14.7. The third kappa shape index (κ3) is 3.11. The fraction of sp³-hybridized carbons (Fsp3) is 0.588. The minimum atomic E-state index is 0.199. The summed E-state index contributed by atoms with van der Waals surface area (Å²) in [4.78, 5) is 16.8. The Morgan fingerprint density at radius 2 is 2.10 bits per heavy atom.